The fourth-order valence-electron chi connectivity index (χ4n) is 3.20. The van der Waals surface area contributed by atoms with Crippen molar-refractivity contribution in [3.05, 3.63) is 70.3 Å². The van der Waals surface area contributed by atoms with Gasteiger partial charge in [-0.15, -0.1) is 0 Å². The highest BCUT2D eigenvalue weighted by molar-refractivity contribution is 6.01. The Labute approximate surface area is 180 Å². The Morgan fingerprint density at radius 3 is 1.85 bits per heavy atom. The smallest absolute Gasteiger partial charge is 0.374 e. The summed E-state index contributed by atoms with van der Waals surface area (Å²) in [5.74, 6) is 0. The van der Waals surface area contributed by atoms with Crippen molar-refractivity contribution in [1.82, 2.24) is 0 Å². The summed E-state index contributed by atoms with van der Waals surface area (Å²) in [5, 5.41) is 12.1. The quantitative estimate of drug-likeness (QED) is 0.561. The second kappa shape index (κ2) is 7.95. The highest BCUT2D eigenvalue weighted by Gasteiger charge is 2.63. The van der Waals surface area contributed by atoms with Crippen molar-refractivity contribution in [2.45, 2.75) is 36.6 Å². The van der Waals surface area contributed by atoms with Crippen LogP contribution >= 0.6 is 0 Å². The van der Waals surface area contributed by atoms with Crippen LogP contribution in [0.15, 0.2) is 47.6 Å². The number of nitrogens with two attached hydrogens (primary N) is 1. The normalized spacial score (nSPS) is 20.1. The molecule has 0 aliphatic carbocycles. The van der Waals surface area contributed by atoms with Gasteiger partial charge in [-0.1, -0.05) is 29.4 Å². The molecule has 2 atom stereocenters. The summed E-state index contributed by atoms with van der Waals surface area (Å²) in [5.41, 5.74) is -3.25. The van der Waals surface area contributed by atoms with E-state index in [4.69, 9.17) is 11.0 Å². The van der Waals surface area contributed by atoms with Crippen molar-refractivity contribution in [3.63, 3.8) is 0 Å². The molecule has 0 aromatic heterocycles. The average Bonchev–Trinajstić information content (AvgIpc) is 3.19. The van der Waals surface area contributed by atoms with Crippen LogP contribution in [0.5, 0.6) is 0 Å². The third-order valence-electron chi connectivity index (χ3n) is 4.98. The Balaban J connectivity index is 2.09. The number of nitriles is 1. The molecule has 2 aromatic carbocycles. The van der Waals surface area contributed by atoms with Crippen LogP contribution in [0.25, 0.3) is 0 Å². The lowest BCUT2D eigenvalue weighted by atomic mass is 9.84. The van der Waals surface area contributed by atoms with Crippen LogP contribution < -0.4 is 5.73 Å². The molecule has 0 saturated carbocycles. The molecule has 2 unspecified atom stereocenters. The molecule has 0 spiro atoms. The van der Waals surface area contributed by atoms with Gasteiger partial charge >= 0.3 is 18.5 Å². The van der Waals surface area contributed by atoms with Crippen LogP contribution in [-0.2, 0) is 22.8 Å². The summed E-state index contributed by atoms with van der Waals surface area (Å²) in [6.07, 6.45) is -17.3. The summed E-state index contributed by atoms with van der Waals surface area (Å²) < 4.78 is 121. The van der Waals surface area contributed by atoms with Crippen molar-refractivity contribution in [2.75, 3.05) is 0 Å². The molecule has 0 fully saturated rings. The van der Waals surface area contributed by atoms with E-state index in [1.54, 1.807) is 6.07 Å². The molecular weight excluding hydrogens is 469 g/mol. The first-order chi connectivity index (χ1) is 15.1. The number of hydrogen-bond acceptors (Lipinski definition) is 4. The number of alkyl halides is 9. The zero-order valence-electron chi connectivity index (χ0n) is 16.1. The number of rotatable bonds is 3. The molecule has 1 heterocycles. The summed E-state index contributed by atoms with van der Waals surface area (Å²) >= 11 is 0. The van der Waals surface area contributed by atoms with Gasteiger partial charge in [-0.2, -0.15) is 44.8 Å². The summed E-state index contributed by atoms with van der Waals surface area (Å²) in [6.45, 7) is 0. The van der Waals surface area contributed by atoms with Gasteiger partial charge in [0.2, 0.25) is 0 Å². The molecule has 2 N–H and O–H groups in total. The molecule has 2 aromatic rings. The van der Waals surface area contributed by atoms with Gasteiger partial charge in [0.05, 0.1) is 22.9 Å². The van der Waals surface area contributed by atoms with E-state index in [1.807, 2.05) is 0 Å². The molecule has 3 rings (SSSR count). The SMILES string of the molecule is N#CC(N)c1ccc(C2=NOC(c3cc(C(F)(F)F)cc(C(F)(F)F)c3)(C(F)(F)F)C2)cc1. The monoisotopic (exact) mass is 481 g/mol. The van der Waals surface area contributed by atoms with Gasteiger partial charge in [-0.05, 0) is 29.3 Å². The topological polar surface area (TPSA) is 71.4 Å². The van der Waals surface area contributed by atoms with E-state index in [9.17, 15) is 39.5 Å². The fourth-order valence-corrected chi connectivity index (χ4v) is 3.20. The summed E-state index contributed by atoms with van der Waals surface area (Å²) in [6, 6.07) is 5.56. The van der Waals surface area contributed by atoms with Gasteiger partial charge in [0.25, 0.3) is 5.60 Å². The molecule has 1 aliphatic heterocycles. The molecule has 0 bridgehead atoms. The number of benzene rings is 2. The van der Waals surface area contributed by atoms with E-state index in [0.29, 0.717) is 5.56 Å². The third-order valence-corrected chi connectivity index (χ3v) is 4.98. The number of nitrogens with zero attached hydrogens (tertiary/aromatic N) is 2. The standard InChI is InChI=1S/C20H12F9N3O/c21-18(22,23)13-5-12(6-14(7-13)19(24,25)26)17(20(27,28)29)8-16(32-33-17)11-3-1-10(2-4-11)15(31)9-30/h1-7,15H,8,31H2. The molecule has 1 aliphatic rings. The predicted molar refractivity (Wildman–Crippen MR) is 95.4 cm³/mol. The fraction of sp³-hybridized carbons (Fsp3) is 0.300. The maximum atomic E-state index is 14.0. The number of oxime groups is 1. The van der Waals surface area contributed by atoms with Gasteiger partial charge in [-0.25, -0.2) is 0 Å². The van der Waals surface area contributed by atoms with Crippen molar-refractivity contribution >= 4 is 5.71 Å². The first-order valence-corrected chi connectivity index (χ1v) is 8.96. The summed E-state index contributed by atoms with van der Waals surface area (Å²) in [7, 11) is 0. The number of halogens is 9. The molecule has 0 saturated heterocycles. The molecule has 176 valence electrons. The lowest BCUT2D eigenvalue weighted by Crippen LogP contribution is -2.43. The van der Waals surface area contributed by atoms with Crippen molar-refractivity contribution in [2.24, 2.45) is 10.9 Å². The maximum absolute atomic E-state index is 14.0. The highest BCUT2D eigenvalue weighted by Crippen LogP contribution is 2.50. The maximum Gasteiger partial charge on any atom is 0.435 e. The Kier molecular flexibility index (Phi) is 5.87. The van der Waals surface area contributed by atoms with E-state index < -0.39 is 53.3 Å². The third kappa shape index (κ3) is 4.61. The summed E-state index contributed by atoms with van der Waals surface area (Å²) in [4.78, 5) is 4.54. The Morgan fingerprint density at radius 2 is 1.42 bits per heavy atom. The largest absolute Gasteiger partial charge is 0.435 e. The van der Waals surface area contributed by atoms with Gasteiger partial charge in [0.15, 0.2) is 0 Å². The van der Waals surface area contributed by atoms with Crippen LogP contribution in [0.3, 0.4) is 0 Å². The molecule has 13 heteroatoms. The minimum atomic E-state index is -5.42. The van der Waals surface area contributed by atoms with Crippen LogP contribution in [-0.4, -0.2) is 11.9 Å². The van der Waals surface area contributed by atoms with E-state index >= 15 is 0 Å². The van der Waals surface area contributed by atoms with Crippen LogP contribution in [0, 0.1) is 11.3 Å². The van der Waals surface area contributed by atoms with Crippen LogP contribution in [0.1, 0.15) is 40.3 Å². The average molecular weight is 481 g/mol. The lowest BCUT2D eigenvalue weighted by Gasteiger charge is -2.30. The predicted octanol–water partition coefficient (Wildman–Crippen LogP) is 5.83. The van der Waals surface area contributed by atoms with E-state index in [2.05, 4.69) is 9.99 Å². The van der Waals surface area contributed by atoms with Crippen LogP contribution in [0.2, 0.25) is 0 Å². The van der Waals surface area contributed by atoms with Gasteiger partial charge in [-0.3, -0.25) is 0 Å². The van der Waals surface area contributed by atoms with E-state index in [1.165, 1.54) is 24.3 Å². The first kappa shape index (κ1) is 24.4. The zero-order chi connectivity index (χ0) is 24.8. The molecule has 0 amide bonds. The Hall–Kier alpha value is -3.27. The van der Waals surface area contributed by atoms with Gasteiger partial charge in [0, 0.05) is 12.0 Å². The Bertz CT molecular complexity index is 1080. The second-order valence-electron chi connectivity index (χ2n) is 7.15. The van der Waals surface area contributed by atoms with E-state index in [0.717, 1.165) is 0 Å². The second-order valence-corrected chi connectivity index (χ2v) is 7.15. The lowest BCUT2D eigenvalue weighted by molar-refractivity contribution is -0.276. The van der Waals surface area contributed by atoms with E-state index in [-0.39, 0.29) is 29.5 Å². The molecule has 0 radical (unpaired) electrons. The van der Waals surface area contributed by atoms with Crippen LogP contribution in [0.4, 0.5) is 39.5 Å². The minimum Gasteiger partial charge on any atom is -0.374 e. The van der Waals surface area contributed by atoms with Gasteiger partial charge in [0.1, 0.15) is 6.04 Å². The molecular formula is C20H12F9N3O. The first-order valence-electron chi connectivity index (χ1n) is 8.96. The van der Waals surface area contributed by atoms with Gasteiger partial charge < -0.3 is 10.6 Å². The van der Waals surface area contributed by atoms with Crippen molar-refractivity contribution < 1.29 is 44.4 Å². The van der Waals surface area contributed by atoms with Crippen molar-refractivity contribution in [3.8, 4) is 6.07 Å². The Morgan fingerprint density at radius 1 is 0.909 bits per heavy atom. The zero-order valence-corrected chi connectivity index (χ0v) is 16.1. The molecule has 4 nitrogen and oxygen atoms in total. The van der Waals surface area contributed by atoms with Crippen molar-refractivity contribution in [1.29, 1.82) is 5.26 Å². The number of hydrogen-bond donors (Lipinski definition) is 1. The minimum absolute atomic E-state index is 0.0315. The molecule has 33 heavy (non-hydrogen) atoms. The highest BCUT2D eigenvalue weighted by atomic mass is 19.4.